The summed E-state index contributed by atoms with van der Waals surface area (Å²) >= 11 is 0. The maximum Gasteiger partial charge on any atom is 0.170 e. The second-order valence-electron chi connectivity index (χ2n) is 4.61. The van der Waals surface area contributed by atoms with Crippen LogP contribution in [0.2, 0.25) is 0 Å². The Morgan fingerprint density at radius 2 is 2.00 bits per heavy atom. The molecule has 0 aliphatic rings. The molecule has 0 amide bonds. The third kappa shape index (κ3) is 2.21. The average Bonchev–Trinajstić information content (AvgIpc) is 2.87. The lowest BCUT2D eigenvalue weighted by Gasteiger charge is -2.07. The van der Waals surface area contributed by atoms with Crippen molar-refractivity contribution >= 4 is 11.0 Å². The van der Waals surface area contributed by atoms with Crippen LogP contribution in [0.3, 0.4) is 0 Å². The minimum Gasteiger partial charge on any atom is -0.508 e. The molecule has 20 heavy (non-hydrogen) atoms. The average molecular weight is 264 g/mol. The zero-order valence-electron chi connectivity index (χ0n) is 10.7. The van der Waals surface area contributed by atoms with Crippen molar-refractivity contribution in [3.05, 3.63) is 59.8 Å². The number of hydrogen-bond donors (Lipinski definition) is 1. The first-order chi connectivity index (χ1) is 9.78. The number of hydrogen-bond acceptors (Lipinski definition) is 4. The van der Waals surface area contributed by atoms with Gasteiger partial charge in [0, 0.05) is 17.9 Å². The molecule has 3 rings (SSSR count). The van der Waals surface area contributed by atoms with Crippen LogP contribution < -0.4 is 0 Å². The van der Waals surface area contributed by atoms with Gasteiger partial charge in [0.15, 0.2) is 5.58 Å². The first-order valence-corrected chi connectivity index (χ1v) is 6.30. The lowest BCUT2D eigenvalue weighted by molar-refractivity contribution is 0.440. The predicted octanol–water partition coefficient (Wildman–Crippen LogP) is 3.38. The summed E-state index contributed by atoms with van der Waals surface area (Å²) in [7, 11) is 0. The molecule has 0 aliphatic carbocycles. The topological polar surface area (TPSA) is 70.0 Å². The van der Waals surface area contributed by atoms with Gasteiger partial charge in [-0.05, 0) is 17.7 Å². The van der Waals surface area contributed by atoms with E-state index in [0.717, 1.165) is 16.6 Å². The highest BCUT2D eigenvalue weighted by atomic mass is 16.5. The Balaban J connectivity index is 1.94. The molecule has 1 atom stereocenters. The third-order valence-corrected chi connectivity index (χ3v) is 3.29. The van der Waals surface area contributed by atoms with Crippen molar-refractivity contribution in [1.82, 2.24) is 5.16 Å². The fourth-order valence-corrected chi connectivity index (χ4v) is 2.24. The summed E-state index contributed by atoms with van der Waals surface area (Å²) in [5.74, 6) is -0.126. The molecule has 0 saturated carbocycles. The van der Waals surface area contributed by atoms with Gasteiger partial charge in [-0.2, -0.15) is 5.26 Å². The van der Waals surface area contributed by atoms with Crippen molar-refractivity contribution in [2.45, 2.75) is 12.3 Å². The van der Waals surface area contributed by atoms with Crippen LogP contribution in [0.5, 0.6) is 5.75 Å². The van der Waals surface area contributed by atoms with Crippen molar-refractivity contribution in [2.75, 3.05) is 0 Å². The van der Waals surface area contributed by atoms with Crippen LogP contribution in [0.1, 0.15) is 17.2 Å². The number of benzene rings is 2. The van der Waals surface area contributed by atoms with Gasteiger partial charge in [-0.15, -0.1) is 0 Å². The molecule has 1 heterocycles. The van der Waals surface area contributed by atoms with Gasteiger partial charge in [-0.3, -0.25) is 0 Å². The Morgan fingerprint density at radius 1 is 1.20 bits per heavy atom. The van der Waals surface area contributed by atoms with Gasteiger partial charge in [-0.25, -0.2) is 0 Å². The van der Waals surface area contributed by atoms with E-state index in [2.05, 4.69) is 11.2 Å². The normalized spacial score (nSPS) is 12.2. The molecule has 0 aliphatic heterocycles. The molecule has 0 saturated heterocycles. The molecule has 0 radical (unpaired) electrons. The molecule has 3 aromatic rings. The van der Waals surface area contributed by atoms with Gasteiger partial charge in [0.2, 0.25) is 0 Å². The number of aromatic hydroxyl groups is 1. The number of fused-ring (bicyclic) bond motifs is 1. The maximum atomic E-state index is 9.41. The fraction of sp³-hybridized carbons (Fsp3) is 0.125. The first kappa shape index (κ1) is 12.2. The second-order valence-corrected chi connectivity index (χ2v) is 4.61. The molecule has 1 N–H and O–H groups in total. The van der Waals surface area contributed by atoms with E-state index < -0.39 is 0 Å². The van der Waals surface area contributed by atoms with Gasteiger partial charge in [-0.1, -0.05) is 35.5 Å². The highest BCUT2D eigenvalue weighted by molar-refractivity contribution is 5.80. The Labute approximate surface area is 115 Å². The number of aromatic nitrogens is 1. The lowest BCUT2D eigenvalue weighted by Crippen LogP contribution is -2.00. The Bertz CT molecular complexity index is 772. The molecule has 0 bridgehead atoms. The van der Waals surface area contributed by atoms with E-state index in [1.807, 2.05) is 30.3 Å². The largest absolute Gasteiger partial charge is 0.508 e. The zero-order valence-corrected chi connectivity index (χ0v) is 10.7. The van der Waals surface area contributed by atoms with Gasteiger partial charge < -0.3 is 9.63 Å². The summed E-state index contributed by atoms with van der Waals surface area (Å²) < 4.78 is 5.19. The molecule has 98 valence electrons. The summed E-state index contributed by atoms with van der Waals surface area (Å²) in [5.41, 5.74) is 2.23. The van der Waals surface area contributed by atoms with Crippen molar-refractivity contribution in [2.24, 2.45) is 0 Å². The smallest absolute Gasteiger partial charge is 0.170 e. The summed E-state index contributed by atoms with van der Waals surface area (Å²) in [6.45, 7) is 0. The molecular weight excluding hydrogens is 252 g/mol. The van der Waals surface area contributed by atoms with E-state index in [4.69, 9.17) is 4.52 Å². The molecule has 4 nitrogen and oxygen atoms in total. The van der Waals surface area contributed by atoms with E-state index >= 15 is 0 Å². The highest BCUT2D eigenvalue weighted by Gasteiger charge is 2.16. The van der Waals surface area contributed by atoms with Crippen molar-refractivity contribution < 1.29 is 9.63 Å². The van der Waals surface area contributed by atoms with E-state index in [-0.39, 0.29) is 11.7 Å². The van der Waals surface area contributed by atoms with Crippen LogP contribution in [0.4, 0.5) is 0 Å². The molecule has 1 aromatic heterocycles. The third-order valence-electron chi connectivity index (χ3n) is 3.29. The van der Waals surface area contributed by atoms with Crippen molar-refractivity contribution in [1.29, 1.82) is 5.26 Å². The van der Waals surface area contributed by atoms with Crippen LogP contribution in [0.15, 0.2) is 53.1 Å². The van der Waals surface area contributed by atoms with E-state index in [1.165, 1.54) is 6.07 Å². The standard InChI is InChI=1S/C16H12N2O2/c17-10-12(11-4-2-1-3-5-11)8-15-14-7-6-13(19)9-16(14)20-18-15/h1-7,9,12,19H,8H2. The molecular formula is C16H12N2O2. The molecule has 2 aromatic carbocycles. The minimum absolute atomic E-state index is 0.139. The van der Waals surface area contributed by atoms with E-state index in [9.17, 15) is 10.4 Å². The Morgan fingerprint density at radius 3 is 2.75 bits per heavy atom. The summed E-state index contributed by atoms with van der Waals surface area (Å²) in [4.78, 5) is 0. The molecule has 1 unspecified atom stereocenters. The number of phenolic OH excluding ortho intramolecular Hbond substituents is 1. The minimum atomic E-state index is -0.265. The maximum absolute atomic E-state index is 9.41. The fourth-order valence-electron chi connectivity index (χ4n) is 2.24. The lowest BCUT2D eigenvalue weighted by atomic mass is 9.95. The van der Waals surface area contributed by atoms with Crippen LogP contribution in [-0.4, -0.2) is 10.3 Å². The molecule has 0 spiro atoms. The first-order valence-electron chi connectivity index (χ1n) is 6.30. The Hall–Kier alpha value is -2.80. The highest BCUT2D eigenvalue weighted by Crippen LogP contribution is 2.27. The van der Waals surface area contributed by atoms with E-state index in [0.29, 0.717) is 12.0 Å². The monoisotopic (exact) mass is 264 g/mol. The van der Waals surface area contributed by atoms with Gasteiger partial charge in [0.1, 0.15) is 5.75 Å². The van der Waals surface area contributed by atoms with Gasteiger partial charge in [0.05, 0.1) is 17.7 Å². The van der Waals surface area contributed by atoms with Gasteiger partial charge in [0.25, 0.3) is 0 Å². The molecule has 0 fully saturated rings. The second kappa shape index (κ2) is 5.06. The predicted molar refractivity (Wildman–Crippen MR) is 74.2 cm³/mol. The molecule has 4 heteroatoms. The van der Waals surface area contributed by atoms with Crippen LogP contribution >= 0.6 is 0 Å². The Kier molecular flexibility index (Phi) is 3.10. The summed E-state index contributed by atoms with van der Waals surface area (Å²) in [5, 5.41) is 23.6. The van der Waals surface area contributed by atoms with Crippen LogP contribution in [0.25, 0.3) is 11.0 Å². The number of rotatable bonds is 3. The quantitative estimate of drug-likeness (QED) is 0.787. The van der Waals surface area contributed by atoms with Gasteiger partial charge >= 0.3 is 0 Å². The SMILES string of the molecule is N#CC(Cc1noc2cc(O)ccc12)c1ccccc1. The number of nitriles is 1. The number of phenols is 1. The van der Waals surface area contributed by atoms with Crippen molar-refractivity contribution in [3.63, 3.8) is 0 Å². The summed E-state index contributed by atoms with van der Waals surface area (Å²) in [6.07, 6.45) is 0.484. The van der Waals surface area contributed by atoms with E-state index in [1.54, 1.807) is 12.1 Å². The summed E-state index contributed by atoms with van der Waals surface area (Å²) in [6, 6.07) is 16.8. The van der Waals surface area contributed by atoms with Crippen molar-refractivity contribution in [3.8, 4) is 11.8 Å². The van der Waals surface area contributed by atoms with Crippen LogP contribution in [-0.2, 0) is 6.42 Å². The number of nitrogens with zero attached hydrogens (tertiary/aromatic N) is 2. The zero-order chi connectivity index (χ0) is 13.9. The van der Waals surface area contributed by atoms with Crippen LogP contribution in [0, 0.1) is 11.3 Å².